The van der Waals surface area contributed by atoms with Crippen LogP contribution in [0.2, 0.25) is 0 Å². The van der Waals surface area contributed by atoms with Crippen LogP contribution < -0.4 is 10.6 Å². The van der Waals surface area contributed by atoms with Gasteiger partial charge in [-0.1, -0.05) is 19.4 Å². The second kappa shape index (κ2) is 6.13. The Balaban J connectivity index is 2.99. The van der Waals surface area contributed by atoms with Gasteiger partial charge in [-0.15, -0.1) is 0 Å². The van der Waals surface area contributed by atoms with Crippen molar-refractivity contribution in [2.45, 2.75) is 32.7 Å². The molecular weight excluding hydrogens is 216 g/mol. The molecule has 0 spiro atoms. The molecule has 0 saturated carbocycles. The first kappa shape index (κ1) is 13.4. The number of nitrogen functional groups attached to an aromatic ring is 1. The van der Waals surface area contributed by atoms with Crippen LogP contribution >= 0.6 is 0 Å². The van der Waals surface area contributed by atoms with Crippen LogP contribution in [-0.4, -0.2) is 23.7 Å². The zero-order valence-electron chi connectivity index (χ0n) is 10.4. The van der Waals surface area contributed by atoms with E-state index in [2.05, 4.69) is 0 Å². The van der Waals surface area contributed by atoms with Gasteiger partial charge in [-0.3, -0.25) is 0 Å². The first-order valence-corrected chi connectivity index (χ1v) is 5.95. The molecule has 4 nitrogen and oxygen atoms in total. The Labute approximate surface area is 102 Å². The van der Waals surface area contributed by atoms with Gasteiger partial charge in [0.15, 0.2) is 0 Å². The number of hydrogen-bond acceptors (Lipinski definition) is 3. The van der Waals surface area contributed by atoms with Crippen LogP contribution in [0.4, 0.5) is 11.4 Å². The third kappa shape index (κ3) is 3.37. The summed E-state index contributed by atoms with van der Waals surface area (Å²) in [5.41, 5.74) is 7.25. The van der Waals surface area contributed by atoms with E-state index >= 15 is 0 Å². The van der Waals surface area contributed by atoms with Crippen molar-refractivity contribution in [2.75, 3.05) is 17.2 Å². The minimum atomic E-state index is -0.781. The van der Waals surface area contributed by atoms with Crippen LogP contribution in [0.25, 0.3) is 0 Å². The minimum Gasteiger partial charge on any atom is -0.480 e. The van der Waals surface area contributed by atoms with Crippen molar-refractivity contribution < 1.29 is 9.90 Å². The van der Waals surface area contributed by atoms with Crippen molar-refractivity contribution in [2.24, 2.45) is 0 Å². The number of likely N-dealkylation sites (N-methyl/N-ethyl adjacent to an activating group) is 1. The second-order valence-corrected chi connectivity index (χ2v) is 4.02. The van der Waals surface area contributed by atoms with Gasteiger partial charge in [0.1, 0.15) is 6.04 Å². The molecule has 0 fully saturated rings. The molecule has 4 heteroatoms. The maximum atomic E-state index is 11.3. The standard InChI is InChI=1S/C13H20N2O2/c1-3-6-12(13(16)17)15(4-2)11-8-5-7-10(14)9-11/h5,7-9,12H,3-4,6,14H2,1-2H3,(H,16,17). The normalized spacial score (nSPS) is 12.1. The number of carboxylic acids is 1. The summed E-state index contributed by atoms with van der Waals surface area (Å²) < 4.78 is 0. The first-order chi connectivity index (χ1) is 8.10. The number of nitrogens with two attached hydrogens (primary N) is 1. The summed E-state index contributed by atoms with van der Waals surface area (Å²) >= 11 is 0. The quantitative estimate of drug-likeness (QED) is 0.744. The number of benzene rings is 1. The van der Waals surface area contributed by atoms with E-state index in [-0.39, 0.29) is 0 Å². The van der Waals surface area contributed by atoms with E-state index in [9.17, 15) is 9.90 Å². The van der Waals surface area contributed by atoms with Crippen LogP contribution in [0.1, 0.15) is 26.7 Å². The molecule has 1 atom stereocenters. The third-order valence-electron chi connectivity index (χ3n) is 2.77. The first-order valence-electron chi connectivity index (χ1n) is 5.95. The third-order valence-corrected chi connectivity index (χ3v) is 2.77. The molecular formula is C13H20N2O2. The summed E-state index contributed by atoms with van der Waals surface area (Å²) in [6.45, 7) is 4.60. The van der Waals surface area contributed by atoms with Gasteiger partial charge in [0.05, 0.1) is 0 Å². The van der Waals surface area contributed by atoms with Gasteiger partial charge in [0.25, 0.3) is 0 Å². The molecule has 0 amide bonds. The topological polar surface area (TPSA) is 66.6 Å². The van der Waals surface area contributed by atoms with E-state index in [0.29, 0.717) is 18.7 Å². The molecule has 94 valence electrons. The highest BCUT2D eigenvalue weighted by atomic mass is 16.4. The van der Waals surface area contributed by atoms with E-state index in [4.69, 9.17) is 5.73 Å². The van der Waals surface area contributed by atoms with Gasteiger partial charge in [-0.2, -0.15) is 0 Å². The summed E-state index contributed by atoms with van der Waals surface area (Å²) in [6.07, 6.45) is 1.48. The Bertz CT molecular complexity index is 379. The smallest absolute Gasteiger partial charge is 0.326 e. The average molecular weight is 236 g/mol. The molecule has 1 aromatic carbocycles. The molecule has 1 rings (SSSR count). The van der Waals surface area contributed by atoms with Gasteiger partial charge in [-0.05, 0) is 31.5 Å². The molecule has 1 unspecified atom stereocenters. The highest BCUT2D eigenvalue weighted by Crippen LogP contribution is 2.21. The zero-order chi connectivity index (χ0) is 12.8. The lowest BCUT2D eigenvalue weighted by atomic mass is 10.1. The number of carbonyl (C=O) groups is 1. The number of nitrogens with zero attached hydrogens (tertiary/aromatic N) is 1. The molecule has 3 N–H and O–H groups in total. The molecule has 0 radical (unpaired) electrons. The van der Waals surface area contributed by atoms with Crippen molar-refractivity contribution in [1.29, 1.82) is 0 Å². The van der Waals surface area contributed by atoms with Crippen LogP contribution in [0, 0.1) is 0 Å². The number of aliphatic carboxylic acids is 1. The van der Waals surface area contributed by atoms with E-state index in [0.717, 1.165) is 12.1 Å². The summed E-state index contributed by atoms with van der Waals surface area (Å²) in [7, 11) is 0. The number of anilines is 2. The van der Waals surface area contributed by atoms with Gasteiger partial charge < -0.3 is 15.7 Å². The van der Waals surface area contributed by atoms with Crippen molar-refractivity contribution >= 4 is 17.3 Å². The fourth-order valence-corrected chi connectivity index (χ4v) is 1.97. The SMILES string of the molecule is CCCC(C(=O)O)N(CC)c1cccc(N)c1. The van der Waals surface area contributed by atoms with Crippen molar-refractivity contribution in [3.8, 4) is 0 Å². The Hall–Kier alpha value is -1.71. The Morgan fingerprint density at radius 2 is 2.18 bits per heavy atom. The summed E-state index contributed by atoms with van der Waals surface area (Å²) in [4.78, 5) is 13.2. The van der Waals surface area contributed by atoms with Crippen molar-refractivity contribution in [1.82, 2.24) is 0 Å². The van der Waals surface area contributed by atoms with Gasteiger partial charge in [-0.25, -0.2) is 4.79 Å². The number of rotatable bonds is 6. The predicted octanol–water partition coefficient (Wildman–Crippen LogP) is 2.35. The second-order valence-electron chi connectivity index (χ2n) is 4.02. The molecule has 0 heterocycles. The largest absolute Gasteiger partial charge is 0.480 e. The molecule has 0 aliphatic carbocycles. The Morgan fingerprint density at radius 3 is 2.65 bits per heavy atom. The summed E-state index contributed by atoms with van der Waals surface area (Å²) in [5.74, 6) is -0.781. The molecule has 0 aromatic heterocycles. The zero-order valence-corrected chi connectivity index (χ0v) is 10.4. The summed E-state index contributed by atoms with van der Waals surface area (Å²) in [6, 6.07) is 6.87. The van der Waals surface area contributed by atoms with Crippen LogP contribution in [0.5, 0.6) is 0 Å². The van der Waals surface area contributed by atoms with E-state index in [1.54, 1.807) is 6.07 Å². The highest BCUT2D eigenvalue weighted by Gasteiger charge is 2.23. The molecule has 0 bridgehead atoms. The molecule has 0 aliphatic rings. The number of hydrogen-bond donors (Lipinski definition) is 2. The monoisotopic (exact) mass is 236 g/mol. The predicted molar refractivity (Wildman–Crippen MR) is 70.2 cm³/mol. The number of carboxylic acid groups (broad SMARTS) is 1. The fraction of sp³-hybridized carbons (Fsp3) is 0.462. The van der Waals surface area contributed by atoms with Gasteiger partial charge in [0, 0.05) is 17.9 Å². The Kier molecular flexibility index (Phi) is 4.82. The molecule has 0 aliphatic heterocycles. The van der Waals surface area contributed by atoms with Crippen LogP contribution in [0.3, 0.4) is 0 Å². The molecule has 1 aromatic rings. The van der Waals surface area contributed by atoms with Crippen molar-refractivity contribution in [3.05, 3.63) is 24.3 Å². The van der Waals surface area contributed by atoms with Crippen molar-refractivity contribution in [3.63, 3.8) is 0 Å². The van der Waals surface area contributed by atoms with Gasteiger partial charge >= 0.3 is 5.97 Å². The average Bonchev–Trinajstić information content (AvgIpc) is 2.29. The Morgan fingerprint density at radius 1 is 1.47 bits per heavy atom. The van der Waals surface area contributed by atoms with Crippen LogP contribution in [0.15, 0.2) is 24.3 Å². The lowest BCUT2D eigenvalue weighted by molar-refractivity contribution is -0.138. The fourth-order valence-electron chi connectivity index (χ4n) is 1.97. The van der Waals surface area contributed by atoms with Gasteiger partial charge in [0.2, 0.25) is 0 Å². The lowest BCUT2D eigenvalue weighted by Gasteiger charge is -2.29. The van der Waals surface area contributed by atoms with E-state index in [1.165, 1.54) is 0 Å². The van der Waals surface area contributed by atoms with E-state index in [1.807, 2.05) is 36.9 Å². The highest BCUT2D eigenvalue weighted by molar-refractivity contribution is 5.78. The maximum absolute atomic E-state index is 11.3. The molecule has 17 heavy (non-hydrogen) atoms. The minimum absolute atomic E-state index is 0.480. The molecule has 0 saturated heterocycles. The van der Waals surface area contributed by atoms with Crippen LogP contribution in [-0.2, 0) is 4.79 Å². The lowest BCUT2D eigenvalue weighted by Crippen LogP contribution is -2.41. The maximum Gasteiger partial charge on any atom is 0.326 e. The van der Waals surface area contributed by atoms with E-state index < -0.39 is 12.0 Å². The summed E-state index contributed by atoms with van der Waals surface area (Å²) in [5, 5.41) is 9.26.